The molecule has 0 atom stereocenters. The van der Waals surface area contributed by atoms with Crippen LogP contribution in [-0.4, -0.2) is 25.1 Å². The van der Waals surface area contributed by atoms with Crippen LogP contribution < -0.4 is 5.73 Å². The highest BCUT2D eigenvalue weighted by molar-refractivity contribution is 5.06. The van der Waals surface area contributed by atoms with E-state index in [9.17, 15) is 0 Å². The Bertz CT molecular complexity index is 548. The number of nitrogens with two attached hydrogens (primary N) is 1. The zero-order chi connectivity index (χ0) is 12.8. The maximum absolute atomic E-state index is 5.95. The van der Waals surface area contributed by atoms with Crippen LogP contribution in [0.15, 0.2) is 10.7 Å². The van der Waals surface area contributed by atoms with Gasteiger partial charge in [-0.3, -0.25) is 0 Å². The van der Waals surface area contributed by atoms with E-state index in [4.69, 9.17) is 10.3 Å². The highest BCUT2D eigenvalue weighted by atomic mass is 16.5. The third kappa shape index (κ3) is 2.26. The van der Waals surface area contributed by atoms with E-state index >= 15 is 0 Å². The van der Waals surface area contributed by atoms with Gasteiger partial charge in [0.05, 0.1) is 11.7 Å². The van der Waals surface area contributed by atoms with Crippen LogP contribution in [0.1, 0.15) is 50.0 Å². The summed E-state index contributed by atoms with van der Waals surface area (Å²) < 4.78 is 6.86. The number of hydrogen-bond donors (Lipinski definition) is 1. The summed E-state index contributed by atoms with van der Waals surface area (Å²) in [5.41, 5.74) is 6.20. The molecule has 2 N–H and O–H groups in total. The summed E-state index contributed by atoms with van der Waals surface area (Å²) in [5, 5.41) is 12.0. The molecule has 0 saturated heterocycles. The second kappa shape index (κ2) is 3.88. The molecule has 0 amide bonds. The minimum Gasteiger partial charge on any atom is -0.339 e. The smallest absolute Gasteiger partial charge is 0.229 e. The summed E-state index contributed by atoms with van der Waals surface area (Å²) >= 11 is 0. The van der Waals surface area contributed by atoms with Gasteiger partial charge in [-0.15, -0.1) is 5.10 Å². The Hall–Kier alpha value is -1.76. The Morgan fingerprint density at radius 3 is 2.89 bits per heavy atom. The van der Waals surface area contributed by atoms with Crippen LogP contribution in [0.25, 0.3) is 0 Å². The van der Waals surface area contributed by atoms with Crippen molar-refractivity contribution in [2.24, 2.45) is 5.73 Å². The van der Waals surface area contributed by atoms with Crippen molar-refractivity contribution >= 4 is 0 Å². The van der Waals surface area contributed by atoms with Gasteiger partial charge in [0.2, 0.25) is 5.89 Å². The van der Waals surface area contributed by atoms with Crippen molar-refractivity contribution in [3.05, 3.63) is 23.6 Å². The van der Waals surface area contributed by atoms with Crippen molar-refractivity contribution in [3.8, 4) is 0 Å². The molecule has 0 radical (unpaired) electrons. The third-order valence-corrected chi connectivity index (χ3v) is 2.91. The molecule has 96 valence electrons. The number of hydrogen-bond acceptors (Lipinski definition) is 6. The Morgan fingerprint density at radius 2 is 2.28 bits per heavy atom. The lowest BCUT2D eigenvalue weighted by Gasteiger charge is -2.13. The lowest BCUT2D eigenvalue weighted by Crippen LogP contribution is -2.29. The molecular weight excluding hydrogens is 232 g/mol. The first-order valence-corrected chi connectivity index (χ1v) is 6.04. The van der Waals surface area contributed by atoms with E-state index in [1.807, 2.05) is 20.0 Å². The van der Waals surface area contributed by atoms with E-state index in [2.05, 4.69) is 20.5 Å². The topological polar surface area (TPSA) is 95.7 Å². The predicted molar refractivity (Wildman–Crippen MR) is 62.6 cm³/mol. The van der Waals surface area contributed by atoms with E-state index in [-0.39, 0.29) is 0 Å². The van der Waals surface area contributed by atoms with E-state index < -0.39 is 5.54 Å². The summed E-state index contributed by atoms with van der Waals surface area (Å²) in [6.45, 7) is 4.24. The second-order valence-corrected chi connectivity index (χ2v) is 5.35. The fourth-order valence-electron chi connectivity index (χ4n) is 1.64. The molecule has 1 fully saturated rings. The van der Waals surface area contributed by atoms with E-state index in [1.54, 1.807) is 4.68 Å². The molecule has 2 aromatic rings. The summed E-state index contributed by atoms with van der Waals surface area (Å²) in [4.78, 5) is 4.34. The highest BCUT2D eigenvalue weighted by Crippen LogP contribution is 2.38. The molecule has 18 heavy (non-hydrogen) atoms. The lowest BCUT2D eigenvalue weighted by atomic mass is 10.0. The fourth-order valence-corrected chi connectivity index (χ4v) is 1.64. The summed E-state index contributed by atoms with van der Waals surface area (Å²) in [5.74, 6) is 1.84. The van der Waals surface area contributed by atoms with Crippen LogP contribution in [0.2, 0.25) is 0 Å². The lowest BCUT2D eigenvalue weighted by molar-refractivity contribution is 0.372. The molecule has 3 rings (SSSR count). The summed E-state index contributed by atoms with van der Waals surface area (Å²) in [6, 6.07) is 0. The van der Waals surface area contributed by atoms with Crippen molar-refractivity contribution in [2.75, 3.05) is 0 Å². The average Bonchev–Trinajstić information content (AvgIpc) is 2.85. The number of nitrogens with zero attached hydrogens (tertiary/aromatic N) is 5. The van der Waals surface area contributed by atoms with E-state index in [0.29, 0.717) is 18.3 Å². The van der Waals surface area contributed by atoms with Crippen molar-refractivity contribution in [1.82, 2.24) is 25.1 Å². The first kappa shape index (κ1) is 11.3. The fraction of sp³-hybridized carbons (Fsp3) is 0.636. The molecular formula is C11H16N6O. The van der Waals surface area contributed by atoms with Crippen LogP contribution >= 0.6 is 0 Å². The van der Waals surface area contributed by atoms with Gasteiger partial charge >= 0.3 is 0 Å². The van der Waals surface area contributed by atoms with Crippen molar-refractivity contribution in [1.29, 1.82) is 0 Å². The Labute approximate surface area is 104 Å². The second-order valence-electron chi connectivity index (χ2n) is 5.35. The largest absolute Gasteiger partial charge is 0.339 e. The van der Waals surface area contributed by atoms with Crippen LogP contribution in [0.3, 0.4) is 0 Å². The Kier molecular flexibility index (Phi) is 2.44. The molecule has 0 aromatic carbocycles. The van der Waals surface area contributed by atoms with Gasteiger partial charge in [-0.1, -0.05) is 10.4 Å². The minimum absolute atomic E-state index is 0.458. The first-order chi connectivity index (χ1) is 8.52. The number of aromatic nitrogens is 5. The zero-order valence-electron chi connectivity index (χ0n) is 10.5. The monoisotopic (exact) mass is 248 g/mol. The molecule has 0 unspecified atom stereocenters. The van der Waals surface area contributed by atoms with E-state index in [1.165, 1.54) is 0 Å². The van der Waals surface area contributed by atoms with Gasteiger partial charge in [0.1, 0.15) is 12.2 Å². The van der Waals surface area contributed by atoms with Gasteiger partial charge in [0.25, 0.3) is 0 Å². The molecule has 0 spiro atoms. The zero-order valence-corrected chi connectivity index (χ0v) is 10.5. The van der Waals surface area contributed by atoms with Gasteiger partial charge in [-0.2, -0.15) is 4.98 Å². The standard InChI is InChI=1S/C11H16N6O/c1-11(2,12)8-5-17(16-14-8)6-9-13-10(18-15-9)7-3-4-7/h5,7H,3-4,6,12H2,1-2H3. The highest BCUT2D eigenvalue weighted by Gasteiger charge is 2.29. The molecule has 2 aromatic heterocycles. The van der Waals surface area contributed by atoms with Gasteiger partial charge in [-0.05, 0) is 26.7 Å². The minimum atomic E-state index is -0.491. The third-order valence-electron chi connectivity index (χ3n) is 2.91. The number of rotatable bonds is 4. The predicted octanol–water partition coefficient (Wildman–Crippen LogP) is 0.781. The van der Waals surface area contributed by atoms with Crippen LogP contribution in [0.4, 0.5) is 0 Å². The van der Waals surface area contributed by atoms with Gasteiger partial charge < -0.3 is 10.3 Å². The molecule has 1 saturated carbocycles. The van der Waals surface area contributed by atoms with E-state index in [0.717, 1.165) is 24.4 Å². The average molecular weight is 248 g/mol. The summed E-state index contributed by atoms with van der Waals surface area (Å²) in [6.07, 6.45) is 4.11. The Balaban J connectivity index is 1.73. The Morgan fingerprint density at radius 1 is 1.50 bits per heavy atom. The van der Waals surface area contributed by atoms with Gasteiger partial charge in [-0.25, -0.2) is 4.68 Å². The molecule has 0 bridgehead atoms. The van der Waals surface area contributed by atoms with Gasteiger partial charge in [0.15, 0.2) is 5.82 Å². The molecule has 0 aliphatic heterocycles. The van der Waals surface area contributed by atoms with Crippen molar-refractivity contribution < 1.29 is 4.52 Å². The van der Waals surface area contributed by atoms with Crippen LogP contribution in [0.5, 0.6) is 0 Å². The maximum atomic E-state index is 5.95. The van der Waals surface area contributed by atoms with Crippen molar-refractivity contribution in [2.45, 2.75) is 44.7 Å². The first-order valence-electron chi connectivity index (χ1n) is 6.04. The maximum Gasteiger partial charge on any atom is 0.229 e. The molecule has 1 aliphatic rings. The van der Waals surface area contributed by atoms with Crippen molar-refractivity contribution in [3.63, 3.8) is 0 Å². The molecule has 7 nitrogen and oxygen atoms in total. The summed E-state index contributed by atoms with van der Waals surface area (Å²) in [7, 11) is 0. The molecule has 7 heteroatoms. The van der Waals surface area contributed by atoms with Crippen LogP contribution in [-0.2, 0) is 12.1 Å². The van der Waals surface area contributed by atoms with Crippen LogP contribution in [0, 0.1) is 0 Å². The SMILES string of the molecule is CC(C)(N)c1cn(Cc2noc(C3CC3)n2)nn1. The molecule has 1 aliphatic carbocycles. The van der Waals surface area contributed by atoms with Gasteiger partial charge in [0, 0.05) is 5.92 Å². The quantitative estimate of drug-likeness (QED) is 0.859. The molecule has 2 heterocycles. The normalized spacial score (nSPS) is 16.2.